The Kier molecular flexibility index (Phi) is 5.42. The monoisotopic (exact) mass is 402 g/mol. The van der Waals surface area contributed by atoms with Gasteiger partial charge in [0.05, 0.1) is 12.2 Å². The van der Waals surface area contributed by atoms with E-state index in [0.717, 1.165) is 17.4 Å². The van der Waals surface area contributed by atoms with Crippen LogP contribution in [0.3, 0.4) is 0 Å². The second-order valence-electron chi connectivity index (χ2n) is 6.50. The number of amidine groups is 1. The lowest BCUT2D eigenvalue weighted by atomic mass is 10.1. The summed E-state index contributed by atoms with van der Waals surface area (Å²) < 4.78 is 11.2. The number of fused-ring (bicyclic) bond motifs is 1. The zero-order chi connectivity index (χ0) is 20.9. The van der Waals surface area contributed by atoms with E-state index in [-0.39, 0.29) is 6.61 Å². The van der Waals surface area contributed by atoms with Crippen LogP contribution in [0.4, 0.5) is 0 Å². The van der Waals surface area contributed by atoms with Gasteiger partial charge in [-0.25, -0.2) is 5.01 Å². The fourth-order valence-electron chi connectivity index (χ4n) is 2.96. The molecule has 0 aliphatic carbocycles. The molecular weight excluding hydrogens is 384 g/mol. The highest BCUT2D eigenvalue weighted by molar-refractivity contribution is 6.01. The van der Waals surface area contributed by atoms with Crippen molar-refractivity contribution in [3.8, 4) is 0 Å². The number of nitrogens with zero attached hydrogens (tertiary/aromatic N) is 6. The maximum Gasteiger partial charge on any atom is 0.239 e. The van der Waals surface area contributed by atoms with E-state index < -0.39 is 0 Å². The third-order valence-corrected chi connectivity index (χ3v) is 4.39. The molecule has 150 valence electrons. The van der Waals surface area contributed by atoms with E-state index in [1.54, 1.807) is 30.1 Å². The van der Waals surface area contributed by atoms with E-state index in [0.29, 0.717) is 41.0 Å². The molecule has 0 spiro atoms. The molecule has 0 atom stereocenters. The quantitative estimate of drug-likeness (QED) is 0.281. The molecule has 3 heterocycles. The van der Waals surface area contributed by atoms with Crippen molar-refractivity contribution in [2.45, 2.75) is 20.1 Å². The van der Waals surface area contributed by atoms with Crippen LogP contribution in [0.1, 0.15) is 38.6 Å². The Labute approximate surface area is 172 Å². The number of aldehydes is 1. The average Bonchev–Trinajstić information content (AvgIpc) is 3.21. The minimum absolute atomic E-state index is 0.190. The lowest BCUT2D eigenvalue weighted by Gasteiger charge is -2.26. The van der Waals surface area contributed by atoms with Gasteiger partial charge >= 0.3 is 0 Å². The van der Waals surface area contributed by atoms with E-state index in [4.69, 9.17) is 9.26 Å². The number of rotatable bonds is 5. The summed E-state index contributed by atoms with van der Waals surface area (Å²) in [6.07, 6.45) is 2.25. The van der Waals surface area contributed by atoms with Crippen molar-refractivity contribution in [1.29, 1.82) is 0 Å². The van der Waals surface area contributed by atoms with E-state index in [1.807, 2.05) is 24.3 Å². The molecule has 2 aromatic heterocycles. The Morgan fingerprint density at radius 3 is 2.90 bits per heavy atom. The number of hydrogen-bond acceptors (Lipinski definition) is 8. The van der Waals surface area contributed by atoms with E-state index in [2.05, 4.69) is 32.2 Å². The first kappa shape index (κ1) is 19.2. The molecule has 3 aromatic rings. The van der Waals surface area contributed by atoms with Gasteiger partial charge in [0, 0.05) is 30.1 Å². The van der Waals surface area contributed by atoms with E-state index >= 15 is 0 Å². The summed E-state index contributed by atoms with van der Waals surface area (Å²) in [7, 11) is 0. The molecule has 1 aromatic carbocycles. The largest absolute Gasteiger partial charge is 0.470 e. The Hall–Kier alpha value is -4.14. The van der Waals surface area contributed by atoms with Gasteiger partial charge in [-0.05, 0) is 30.7 Å². The van der Waals surface area contributed by atoms with Crippen LogP contribution in [0.15, 0.2) is 68.5 Å². The number of aromatic nitrogens is 2. The van der Waals surface area contributed by atoms with Gasteiger partial charge in [0.25, 0.3) is 0 Å². The van der Waals surface area contributed by atoms with Gasteiger partial charge < -0.3 is 9.26 Å². The van der Waals surface area contributed by atoms with Gasteiger partial charge in [-0.1, -0.05) is 23.4 Å². The van der Waals surface area contributed by atoms with Gasteiger partial charge in [0.2, 0.25) is 11.7 Å². The average molecular weight is 402 g/mol. The number of pyridine rings is 1. The molecule has 0 saturated heterocycles. The normalized spacial score (nSPS) is 13.4. The number of aryl methyl sites for hydroxylation is 1. The van der Waals surface area contributed by atoms with Crippen molar-refractivity contribution in [3.05, 3.63) is 82.5 Å². The van der Waals surface area contributed by atoms with Gasteiger partial charge in [-0.2, -0.15) is 5.10 Å². The van der Waals surface area contributed by atoms with Crippen LogP contribution in [0, 0.1) is 6.92 Å². The molecule has 0 fully saturated rings. The van der Waals surface area contributed by atoms with Gasteiger partial charge in [0.1, 0.15) is 12.4 Å². The predicted octanol–water partition coefficient (Wildman–Crippen LogP) is 2.95. The molecule has 30 heavy (non-hydrogen) atoms. The number of benzene rings is 1. The molecule has 0 unspecified atom stereocenters. The molecule has 1 aliphatic rings. The summed E-state index contributed by atoms with van der Waals surface area (Å²) in [6, 6.07) is 13.0. The lowest BCUT2D eigenvalue weighted by molar-refractivity contribution is 0.112. The summed E-state index contributed by atoms with van der Waals surface area (Å²) in [5.74, 6) is 1.45. The zero-order valence-electron chi connectivity index (χ0n) is 16.2. The molecule has 0 N–H and O–H groups in total. The minimum atomic E-state index is 0.190. The van der Waals surface area contributed by atoms with Crippen molar-refractivity contribution in [1.82, 2.24) is 15.1 Å². The molecular formula is C21H18N6O3. The number of hydrogen-bond donors (Lipinski definition) is 0. The topological polar surface area (TPSA) is 106 Å². The Morgan fingerprint density at radius 2 is 2.20 bits per heavy atom. The number of carbonyl (C=O) groups excluding carboxylic acids is 1. The Morgan fingerprint density at radius 1 is 1.33 bits per heavy atom. The molecule has 0 amide bonds. The van der Waals surface area contributed by atoms with Crippen LogP contribution < -0.4 is 0 Å². The number of carbonyl (C=O) groups is 1. The third kappa shape index (κ3) is 4.00. The fourth-order valence-corrected chi connectivity index (χ4v) is 2.96. The summed E-state index contributed by atoms with van der Waals surface area (Å²) in [6.45, 7) is 5.88. The summed E-state index contributed by atoms with van der Waals surface area (Å²) in [4.78, 5) is 15.0. The van der Waals surface area contributed by atoms with E-state index in [9.17, 15) is 4.79 Å². The van der Waals surface area contributed by atoms with Crippen LogP contribution in [0.2, 0.25) is 0 Å². The van der Waals surface area contributed by atoms with Gasteiger partial charge in [0.15, 0.2) is 12.0 Å². The SMILES string of the molecule is C=N/N=C(/c1cc(C)on1)N1Cc2ccccc2C(OCc2ccc(C=O)cn2)=N1. The van der Waals surface area contributed by atoms with E-state index in [1.165, 1.54) is 6.20 Å². The Balaban J connectivity index is 1.65. The van der Waals surface area contributed by atoms with Crippen LogP contribution in [0.25, 0.3) is 0 Å². The second-order valence-corrected chi connectivity index (χ2v) is 6.50. The molecule has 4 rings (SSSR count). The van der Waals surface area contributed by atoms with Crippen LogP contribution in [-0.4, -0.2) is 39.9 Å². The van der Waals surface area contributed by atoms with Crippen LogP contribution in [0.5, 0.6) is 0 Å². The number of ether oxygens (including phenoxy) is 1. The van der Waals surface area contributed by atoms with Gasteiger partial charge in [-0.3, -0.25) is 9.78 Å². The first-order chi connectivity index (χ1) is 14.7. The summed E-state index contributed by atoms with van der Waals surface area (Å²) in [5.41, 5.74) is 3.55. The van der Waals surface area contributed by atoms with Crippen molar-refractivity contribution in [2.75, 3.05) is 0 Å². The smallest absolute Gasteiger partial charge is 0.239 e. The highest BCUT2D eigenvalue weighted by Gasteiger charge is 2.26. The van der Waals surface area contributed by atoms with Gasteiger partial charge in [-0.15, -0.1) is 10.2 Å². The molecule has 1 aliphatic heterocycles. The lowest BCUT2D eigenvalue weighted by Crippen LogP contribution is -2.33. The predicted molar refractivity (Wildman–Crippen MR) is 110 cm³/mol. The maximum atomic E-state index is 10.8. The Bertz CT molecular complexity index is 1130. The molecule has 9 nitrogen and oxygen atoms in total. The molecule has 0 bridgehead atoms. The first-order valence-corrected chi connectivity index (χ1v) is 9.12. The fraction of sp³-hybridized carbons (Fsp3) is 0.143. The third-order valence-electron chi connectivity index (χ3n) is 4.39. The van der Waals surface area contributed by atoms with Crippen LogP contribution >= 0.6 is 0 Å². The van der Waals surface area contributed by atoms with Crippen molar-refractivity contribution < 1.29 is 14.1 Å². The summed E-state index contributed by atoms with van der Waals surface area (Å²) >= 11 is 0. The zero-order valence-corrected chi connectivity index (χ0v) is 16.2. The highest BCUT2D eigenvalue weighted by atomic mass is 16.5. The standard InChI is InChI=1S/C21H18N6O3/c1-14-9-19(26-30-14)20(24-22-2)27-11-16-5-3-4-6-18(16)21(25-27)29-13-17-8-7-15(12-28)10-23-17/h3-10,12H,2,11,13H2,1H3/b24-20-. The molecule has 0 radical (unpaired) electrons. The molecule has 9 heteroatoms. The van der Waals surface area contributed by atoms with Crippen molar-refractivity contribution >= 4 is 24.7 Å². The first-order valence-electron chi connectivity index (χ1n) is 9.12. The van der Waals surface area contributed by atoms with Crippen molar-refractivity contribution in [2.24, 2.45) is 15.3 Å². The minimum Gasteiger partial charge on any atom is -0.470 e. The highest BCUT2D eigenvalue weighted by Crippen LogP contribution is 2.22. The van der Waals surface area contributed by atoms with Crippen molar-refractivity contribution in [3.63, 3.8) is 0 Å². The molecule has 0 saturated carbocycles. The summed E-state index contributed by atoms with van der Waals surface area (Å²) in [5, 5.41) is 18.0. The van der Waals surface area contributed by atoms with Crippen LogP contribution in [-0.2, 0) is 17.9 Å². The maximum absolute atomic E-state index is 10.8. The second kappa shape index (κ2) is 8.48. The number of hydrazone groups is 1.